The molecule has 0 aliphatic heterocycles. The lowest BCUT2D eigenvalue weighted by Crippen LogP contribution is -2.22. The summed E-state index contributed by atoms with van der Waals surface area (Å²) in [6.45, 7) is 8.23. The first-order valence-electron chi connectivity index (χ1n) is 4.05. The Morgan fingerprint density at radius 2 is 2.00 bits per heavy atom. The van der Waals surface area contributed by atoms with Crippen LogP contribution in [0.25, 0.3) is 0 Å². The van der Waals surface area contributed by atoms with E-state index >= 15 is 0 Å². The number of aromatic nitrogens is 1. The number of hydrogen-bond donors (Lipinski definition) is 0. The zero-order valence-electron chi connectivity index (χ0n) is 8.05. The first-order valence-corrected chi connectivity index (χ1v) is 4.05. The summed E-state index contributed by atoms with van der Waals surface area (Å²) >= 11 is 0. The molecule has 0 unspecified atom stereocenters. The normalized spacial score (nSPS) is 11.2. The first kappa shape index (κ1) is 8.86. The number of nitriles is 1. The second kappa shape index (κ2) is 2.67. The van der Waals surface area contributed by atoms with Gasteiger partial charge >= 0.3 is 0 Å². The molecule has 0 fully saturated rings. The minimum atomic E-state index is -0.000671. The average Bonchev–Trinajstić information content (AvgIpc) is 2.29. The largest absolute Gasteiger partial charge is 0.334 e. The molecule has 64 valence electrons. The minimum absolute atomic E-state index is 0.000671. The maximum absolute atomic E-state index is 8.88. The molecule has 0 saturated carbocycles. The van der Waals surface area contributed by atoms with Gasteiger partial charge in [0.1, 0.15) is 11.8 Å². The average molecular weight is 162 g/mol. The van der Waals surface area contributed by atoms with E-state index in [0.29, 0.717) is 0 Å². The van der Waals surface area contributed by atoms with Crippen LogP contribution >= 0.6 is 0 Å². The van der Waals surface area contributed by atoms with Crippen molar-refractivity contribution < 1.29 is 0 Å². The molecule has 0 radical (unpaired) electrons. The molecule has 0 saturated heterocycles. The summed E-state index contributed by atoms with van der Waals surface area (Å²) in [6, 6.07) is 4.19. The molecule has 0 N–H and O–H groups in total. The molecule has 0 amide bonds. The molecule has 1 aromatic heterocycles. The summed E-state index contributed by atoms with van der Waals surface area (Å²) in [5.41, 5.74) is 1.81. The molecule has 2 nitrogen and oxygen atoms in total. The van der Waals surface area contributed by atoms with Crippen molar-refractivity contribution in [1.82, 2.24) is 4.57 Å². The van der Waals surface area contributed by atoms with Gasteiger partial charge in [0.15, 0.2) is 0 Å². The van der Waals surface area contributed by atoms with Crippen LogP contribution in [-0.4, -0.2) is 4.57 Å². The van der Waals surface area contributed by atoms with E-state index in [-0.39, 0.29) is 5.54 Å². The van der Waals surface area contributed by atoms with E-state index in [9.17, 15) is 0 Å². The molecule has 0 aliphatic rings. The fourth-order valence-corrected chi connectivity index (χ4v) is 1.23. The Hall–Kier alpha value is -1.23. The third-order valence-corrected chi connectivity index (χ3v) is 1.92. The Kier molecular flexibility index (Phi) is 1.97. The second-order valence-electron chi connectivity index (χ2n) is 4.00. The van der Waals surface area contributed by atoms with Gasteiger partial charge in [0.2, 0.25) is 0 Å². The molecule has 1 aromatic rings. The van der Waals surface area contributed by atoms with Crippen molar-refractivity contribution in [2.75, 3.05) is 0 Å². The first-order chi connectivity index (χ1) is 5.46. The van der Waals surface area contributed by atoms with Crippen LogP contribution < -0.4 is 0 Å². The van der Waals surface area contributed by atoms with Gasteiger partial charge in [0, 0.05) is 11.7 Å². The molecule has 0 atom stereocenters. The lowest BCUT2D eigenvalue weighted by Gasteiger charge is -2.22. The zero-order chi connectivity index (χ0) is 9.35. The van der Waals surface area contributed by atoms with Crippen molar-refractivity contribution in [3.63, 3.8) is 0 Å². The highest BCUT2D eigenvalue weighted by Crippen LogP contribution is 2.19. The van der Waals surface area contributed by atoms with Crippen LogP contribution in [0.1, 0.15) is 32.0 Å². The molecule has 0 aromatic carbocycles. The highest BCUT2D eigenvalue weighted by atomic mass is 15.0. The molecule has 2 heteroatoms. The highest BCUT2D eigenvalue weighted by Gasteiger charge is 2.16. The van der Waals surface area contributed by atoms with Gasteiger partial charge in [0.25, 0.3) is 0 Å². The van der Waals surface area contributed by atoms with Gasteiger partial charge in [-0.15, -0.1) is 0 Å². The molecule has 0 spiro atoms. The van der Waals surface area contributed by atoms with Crippen molar-refractivity contribution in [1.29, 1.82) is 5.26 Å². The molecule has 12 heavy (non-hydrogen) atoms. The number of rotatable bonds is 0. The van der Waals surface area contributed by atoms with Crippen LogP contribution in [0.2, 0.25) is 0 Å². The Morgan fingerprint density at radius 1 is 1.42 bits per heavy atom. The quantitative estimate of drug-likeness (QED) is 0.576. The molecule has 1 rings (SSSR count). The second-order valence-corrected chi connectivity index (χ2v) is 4.00. The summed E-state index contributed by atoms with van der Waals surface area (Å²) in [5, 5.41) is 8.88. The molecular weight excluding hydrogens is 148 g/mol. The highest BCUT2D eigenvalue weighted by molar-refractivity contribution is 5.32. The van der Waals surface area contributed by atoms with E-state index in [4.69, 9.17) is 5.26 Å². The van der Waals surface area contributed by atoms with Crippen LogP contribution in [0.4, 0.5) is 0 Å². The number of nitrogens with zero attached hydrogens (tertiary/aromatic N) is 2. The number of hydrogen-bond acceptors (Lipinski definition) is 1. The van der Waals surface area contributed by atoms with Gasteiger partial charge in [-0.25, -0.2) is 0 Å². The van der Waals surface area contributed by atoms with Gasteiger partial charge in [-0.1, -0.05) is 0 Å². The fraction of sp³-hybridized carbons (Fsp3) is 0.500. The van der Waals surface area contributed by atoms with Gasteiger partial charge in [-0.3, -0.25) is 0 Å². The topological polar surface area (TPSA) is 28.7 Å². The lowest BCUT2D eigenvalue weighted by atomic mass is 10.1. The zero-order valence-corrected chi connectivity index (χ0v) is 8.05. The maximum atomic E-state index is 8.88. The van der Waals surface area contributed by atoms with E-state index in [1.54, 1.807) is 0 Å². The Balaban J connectivity index is 3.28. The Labute approximate surface area is 73.4 Å². The lowest BCUT2D eigenvalue weighted by molar-refractivity contribution is 0.395. The van der Waals surface area contributed by atoms with Crippen molar-refractivity contribution >= 4 is 0 Å². The van der Waals surface area contributed by atoms with Gasteiger partial charge in [0.05, 0.1) is 0 Å². The fourth-order valence-electron chi connectivity index (χ4n) is 1.23. The van der Waals surface area contributed by atoms with Crippen LogP contribution in [-0.2, 0) is 5.54 Å². The van der Waals surface area contributed by atoms with E-state index in [1.165, 1.54) is 0 Å². The van der Waals surface area contributed by atoms with E-state index in [1.807, 2.05) is 23.8 Å². The van der Waals surface area contributed by atoms with Crippen molar-refractivity contribution in [2.24, 2.45) is 0 Å². The number of aryl methyl sites for hydroxylation is 1. The molecule has 0 aliphatic carbocycles. The van der Waals surface area contributed by atoms with Crippen molar-refractivity contribution in [2.45, 2.75) is 33.2 Å². The smallest absolute Gasteiger partial charge is 0.123 e. The Morgan fingerprint density at radius 3 is 2.33 bits per heavy atom. The third kappa shape index (κ3) is 1.35. The third-order valence-electron chi connectivity index (χ3n) is 1.92. The summed E-state index contributed by atoms with van der Waals surface area (Å²) in [7, 11) is 0. The summed E-state index contributed by atoms with van der Waals surface area (Å²) in [6.07, 6.45) is 1.97. The Bertz CT molecular complexity index is 321. The maximum Gasteiger partial charge on any atom is 0.123 e. The summed E-state index contributed by atoms with van der Waals surface area (Å²) in [4.78, 5) is 0. The minimum Gasteiger partial charge on any atom is -0.334 e. The van der Waals surface area contributed by atoms with E-state index in [2.05, 4.69) is 26.8 Å². The van der Waals surface area contributed by atoms with Gasteiger partial charge in [-0.05, 0) is 39.3 Å². The van der Waals surface area contributed by atoms with E-state index < -0.39 is 0 Å². The predicted octanol–water partition coefficient (Wildman–Crippen LogP) is 2.42. The van der Waals surface area contributed by atoms with Crippen molar-refractivity contribution in [3.8, 4) is 6.07 Å². The summed E-state index contributed by atoms with van der Waals surface area (Å²) in [5.74, 6) is 0. The summed E-state index contributed by atoms with van der Waals surface area (Å²) < 4.78 is 2.00. The monoisotopic (exact) mass is 162 g/mol. The predicted molar refractivity (Wildman–Crippen MR) is 48.9 cm³/mol. The van der Waals surface area contributed by atoms with Crippen molar-refractivity contribution in [3.05, 3.63) is 23.5 Å². The van der Waals surface area contributed by atoms with Crippen LogP contribution in [0, 0.1) is 18.3 Å². The van der Waals surface area contributed by atoms with Crippen LogP contribution in [0.3, 0.4) is 0 Å². The SMILES string of the molecule is Cc1ccn(C(C)(C)C)c1C#N. The van der Waals surface area contributed by atoms with Crippen LogP contribution in [0.15, 0.2) is 12.3 Å². The standard InChI is InChI=1S/C10H14N2/c1-8-5-6-12(9(8)7-11)10(2,3)4/h5-6H,1-4H3. The van der Waals surface area contributed by atoms with Gasteiger partial charge < -0.3 is 4.57 Å². The van der Waals surface area contributed by atoms with E-state index in [0.717, 1.165) is 11.3 Å². The molecule has 0 bridgehead atoms. The van der Waals surface area contributed by atoms with Gasteiger partial charge in [-0.2, -0.15) is 5.26 Å². The molecule has 1 heterocycles. The van der Waals surface area contributed by atoms with Crippen LogP contribution in [0.5, 0.6) is 0 Å². The molecular formula is C10H14N2.